The van der Waals surface area contributed by atoms with Crippen LogP contribution in [-0.4, -0.2) is 22.5 Å². The van der Waals surface area contributed by atoms with Crippen LogP contribution >= 0.6 is 0 Å². The zero-order chi connectivity index (χ0) is 16.2. The standard InChI is InChI=1S/C17H25NO3/c1-11-8-12(2)14(13(3)9-11)10-15(19)18-17(4,5)7-6-16(20)21/h8-9H,6-7,10H2,1-5H3,(H,18,19)(H,20,21). The Kier molecular flexibility index (Phi) is 5.53. The molecule has 0 unspecified atom stereocenters. The molecule has 2 N–H and O–H groups in total. The Bertz CT molecular complexity index is 524. The number of nitrogens with one attached hydrogen (secondary N) is 1. The summed E-state index contributed by atoms with van der Waals surface area (Å²) in [5, 5.41) is 11.7. The van der Waals surface area contributed by atoms with Crippen LogP contribution in [0.3, 0.4) is 0 Å². The van der Waals surface area contributed by atoms with E-state index in [1.165, 1.54) is 5.56 Å². The predicted octanol–water partition coefficient (Wildman–Crippen LogP) is 2.91. The summed E-state index contributed by atoms with van der Waals surface area (Å²) in [6.07, 6.45) is 0.796. The number of carbonyl (C=O) groups excluding carboxylic acids is 1. The van der Waals surface area contributed by atoms with E-state index in [9.17, 15) is 9.59 Å². The molecule has 0 aliphatic carbocycles. The van der Waals surface area contributed by atoms with E-state index in [4.69, 9.17) is 5.11 Å². The lowest BCUT2D eigenvalue weighted by molar-refractivity contribution is -0.137. The highest BCUT2D eigenvalue weighted by Crippen LogP contribution is 2.18. The first-order valence-corrected chi connectivity index (χ1v) is 7.20. The predicted molar refractivity (Wildman–Crippen MR) is 83.4 cm³/mol. The van der Waals surface area contributed by atoms with E-state index in [2.05, 4.69) is 17.4 Å². The number of hydrogen-bond acceptors (Lipinski definition) is 2. The number of carbonyl (C=O) groups is 2. The molecule has 4 nitrogen and oxygen atoms in total. The van der Waals surface area contributed by atoms with Crippen molar-refractivity contribution in [3.63, 3.8) is 0 Å². The Labute approximate surface area is 126 Å². The first kappa shape index (κ1) is 17.2. The second-order valence-electron chi connectivity index (χ2n) is 6.38. The number of hydrogen-bond donors (Lipinski definition) is 2. The van der Waals surface area contributed by atoms with Gasteiger partial charge in [0.05, 0.1) is 6.42 Å². The lowest BCUT2D eigenvalue weighted by Gasteiger charge is -2.26. The molecule has 0 atom stereocenters. The van der Waals surface area contributed by atoms with Crippen molar-refractivity contribution in [3.8, 4) is 0 Å². The maximum atomic E-state index is 12.2. The highest BCUT2D eigenvalue weighted by molar-refractivity contribution is 5.80. The number of rotatable bonds is 6. The Hall–Kier alpha value is -1.84. The van der Waals surface area contributed by atoms with Gasteiger partial charge in [-0.15, -0.1) is 0 Å². The molecular weight excluding hydrogens is 266 g/mol. The third kappa shape index (κ3) is 5.58. The first-order valence-electron chi connectivity index (χ1n) is 7.20. The molecule has 0 saturated carbocycles. The quantitative estimate of drug-likeness (QED) is 0.847. The summed E-state index contributed by atoms with van der Waals surface area (Å²) in [7, 11) is 0. The van der Waals surface area contributed by atoms with Gasteiger partial charge < -0.3 is 10.4 Å². The number of benzene rings is 1. The maximum absolute atomic E-state index is 12.2. The van der Waals surface area contributed by atoms with E-state index < -0.39 is 11.5 Å². The van der Waals surface area contributed by atoms with Gasteiger partial charge >= 0.3 is 5.97 Å². The second-order valence-corrected chi connectivity index (χ2v) is 6.38. The van der Waals surface area contributed by atoms with E-state index in [-0.39, 0.29) is 12.3 Å². The Morgan fingerprint density at radius 3 is 2.14 bits per heavy atom. The van der Waals surface area contributed by atoms with E-state index in [1.807, 2.05) is 34.6 Å². The molecule has 4 heteroatoms. The fourth-order valence-electron chi connectivity index (χ4n) is 2.55. The molecule has 21 heavy (non-hydrogen) atoms. The topological polar surface area (TPSA) is 66.4 Å². The molecule has 1 amide bonds. The maximum Gasteiger partial charge on any atom is 0.303 e. The summed E-state index contributed by atoms with van der Waals surface area (Å²) < 4.78 is 0. The van der Waals surface area contributed by atoms with Crippen LogP contribution in [0.5, 0.6) is 0 Å². The monoisotopic (exact) mass is 291 g/mol. The summed E-state index contributed by atoms with van der Waals surface area (Å²) in [6.45, 7) is 9.76. The van der Waals surface area contributed by atoms with Crippen molar-refractivity contribution in [1.29, 1.82) is 0 Å². The number of aliphatic carboxylic acids is 1. The minimum Gasteiger partial charge on any atom is -0.481 e. The van der Waals surface area contributed by atoms with Gasteiger partial charge in [-0.3, -0.25) is 9.59 Å². The lowest BCUT2D eigenvalue weighted by atomic mass is 9.95. The molecule has 1 aromatic rings. The second kappa shape index (κ2) is 6.74. The van der Waals surface area contributed by atoms with Crippen LogP contribution in [0.2, 0.25) is 0 Å². The van der Waals surface area contributed by atoms with E-state index >= 15 is 0 Å². The molecule has 1 rings (SSSR count). The molecule has 0 aromatic heterocycles. The van der Waals surface area contributed by atoms with Crippen LogP contribution in [-0.2, 0) is 16.0 Å². The lowest BCUT2D eigenvalue weighted by Crippen LogP contribution is -2.44. The Morgan fingerprint density at radius 1 is 1.14 bits per heavy atom. The van der Waals surface area contributed by atoms with Crippen LogP contribution in [0.15, 0.2) is 12.1 Å². The van der Waals surface area contributed by atoms with Gasteiger partial charge in [0, 0.05) is 12.0 Å². The highest BCUT2D eigenvalue weighted by atomic mass is 16.4. The number of amides is 1. The van der Waals surface area contributed by atoms with Gasteiger partial charge in [0.1, 0.15) is 0 Å². The van der Waals surface area contributed by atoms with Crippen molar-refractivity contribution in [2.75, 3.05) is 0 Å². The molecule has 0 aliphatic heterocycles. The zero-order valence-corrected chi connectivity index (χ0v) is 13.5. The average molecular weight is 291 g/mol. The third-order valence-electron chi connectivity index (χ3n) is 3.62. The average Bonchev–Trinajstić information content (AvgIpc) is 2.31. The molecule has 0 radical (unpaired) electrons. The molecule has 0 heterocycles. The molecule has 0 spiro atoms. The van der Waals surface area contributed by atoms with Crippen LogP contribution in [0.25, 0.3) is 0 Å². The summed E-state index contributed by atoms with van der Waals surface area (Å²) in [6, 6.07) is 4.15. The Balaban J connectivity index is 2.72. The van der Waals surface area contributed by atoms with Crippen molar-refractivity contribution in [3.05, 3.63) is 34.4 Å². The highest BCUT2D eigenvalue weighted by Gasteiger charge is 2.22. The molecule has 1 aromatic carbocycles. The Morgan fingerprint density at radius 2 is 1.67 bits per heavy atom. The SMILES string of the molecule is Cc1cc(C)c(CC(=O)NC(C)(C)CCC(=O)O)c(C)c1. The van der Waals surface area contributed by atoms with Crippen molar-refractivity contribution >= 4 is 11.9 Å². The molecule has 0 aliphatic rings. The van der Waals surface area contributed by atoms with Gasteiger partial charge in [0.2, 0.25) is 5.91 Å². The summed E-state index contributed by atoms with van der Waals surface area (Å²) in [5.41, 5.74) is 3.96. The fourth-order valence-corrected chi connectivity index (χ4v) is 2.55. The van der Waals surface area contributed by atoms with E-state index in [0.717, 1.165) is 16.7 Å². The van der Waals surface area contributed by atoms with Crippen LogP contribution in [0.1, 0.15) is 48.9 Å². The minimum absolute atomic E-state index is 0.0515. The molecule has 0 bridgehead atoms. The molecular formula is C17H25NO3. The first-order chi connectivity index (χ1) is 9.60. The van der Waals surface area contributed by atoms with Gasteiger partial charge in [-0.2, -0.15) is 0 Å². The van der Waals surface area contributed by atoms with E-state index in [1.54, 1.807) is 0 Å². The molecule has 0 fully saturated rings. The summed E-state index contributed by atoms with van der Waals surface area (Å²) in [5.74, 6) is -0.914. The van der Waals surface area contributed by atoms with Crippen molar-refractivity contribution in [2.24, 2.45) is 0 Å². The fraction of sp³-hybridized carbons (Fsp3) is 0.529. The largest absolute Gasteiger partial charge is 0.481 e. The number of carboxylic acid groups (broad SMARTS) is 1. The van der Waals surface area contributed by atoms with Crippen LogP contribution < -0.4 is 5.32 Å². The zero-order valence-electron chi connectivity index (χ0n) is 13.5. The van der Waals surface area contributed by atoms with Crippen molar-refractivity contribution in [2.45, 2.75) is 59.4 Å². The molecule has 116 valence electrons. The number of carboxylic acids is 1. The van der Waals surface area contributed by atoms with E-state index in [0.29, 0.717) is 12.8 Å². The van der Waals surface area contributed by atoms with Crippen molar-refractivity contribution < 1.29 is 14.7 Å². The summed E-state index contributed by atoms with van der Waals surface area (Å²) >= 11 is 0. The van der Waals surface area contributed by atoms with Gasteiger partial charge in [-0.05, 0) is 57.7 Å². The van der Waals surface area contributed by atoms with Gasteiger partial charge in [-0.25, -0.2) is 0 Å². The van der Waals surface area contributed by atoms with Crippen LogP contribution in [0.4, 0.5) is 0 Å². The van der Waals surface area contributed by atoms with Crippen molar-refractivity contribution in [1.82, 2.24) is 5.32 Å². The number of aryl methyl sites for hydroxylation is 3. The summed E-state index contributed by atoms with van der Waals surface area (Å²) in [4.78, 5) is 22.8. The van der Waals surface area contributed by atoms with Gasteiger partial charge in [0.25, 0.3) is 0 Å². The smallest absolute Gasteiger partial charge is 0.303 e. The van der Waals surface area contributed by atoms with Gasteiger partial charge in [-0.1, -0.05) is 17.7 Å². The van der Waals surface area contributed by atoms with Gasteiger partial charge in [0.15, 0.2) is 0 Å². The third-order valence-corrected chi connectivity index (χ3v) is 3.62. The van der Waals surface area contributed by atoms with Crippen LogP contribution in [0, 0.1) is 20.8 Å². The minimum atomic E-state index is -0.845. The molecule has 0 saturated heterocycles. The normalized spacial score (nSPS) is 11.3.